The van der Waals surface area contributed by atoms with Gasteiger partial charge in [-0.2, -0.15) is 0 Å². The van der Waals surface area contributed by atoms with Gasteiger partial charge in [0.2, 0.25) is 0 Å². The van der Waals surface area contributed by atoms with Gasteiger partial charge in [0.05, 0.1) is 40.4 Å². The number of Topliss-reactive ketones (excluding diaryl/α,β-unsaturated/α-hetero) is 2. The van der Waals surface area contributed by atoms with Crippen LogP contribution >= 0.6 is 0 Å². The first-order valence-corrected chi connectivity index (χ1v) is 7.68. The molecule has 0 spiro atoms. The van der Waals surface area contributed by atoms with E-state index in [-0.39, 0.29) is 22.6 Å². The number of rotatable bonds is 8. The van der Waals surface area contributed by atoms with E-state index in [0.29, 0.717) is 17.2 Å². The number of phenolic OH excluding ortho intramolecular Hbond substituents is 1. The van der Waals surface area contributed by atoms with Crippen molar-refractivity contribution in [2.45, 2.75) is 6.42 Å². The molecule has 0 fully saturated rings. The number of hydrogen-bond acceptors (Lipinski definition) is 7. The molecule has 0 atom stereocenters. The smallest absolute Gasteiger partial charge is 0.178 e. The second-order valence-electron chi connectivity index (χ2n) is 5.31. The highest BCUT2D eigenvalue weighted by molar-refractivity contribution is 6.16. The van der Waals surface area contributed by atoms with Gasteiger partial charge in [-0.25, -0.2) is 0 Å². The summed E-state index contributed by atoms with van der Waals surface area (Å²) in [5.74, 6) is -0.0648. The van der Waals surface area contributed by atoms with Crippen LogP contribution in [0.2, 0.25) is 0 Å². The molecule has 7 nitrogen and oxygen atoms in total. The number of methoxy groups -OCH3 is 4. The molecule has 0 unspecified atom stereocenters. The van der Waals surface area contributed by atoms with E-state index in [1.165, 1.54) is 46.6 Å². The minimum absolute atomic E-state index is 0.0749. The fraction of sp³-hybridized carbons (Fsp3) is 0.263. The van der Waals surface area contributed by atoms with Crippen molar-refractivity contribution in [3.8, 4) is 28.7 Å². The Kier molecular flexibility index (Phi) is 6.06. The summed E-state index contributed by atoms with van der Waals surface area (Å²) in [6, 6.07) is 7.44. The van der Waals surface area contributed by atoms with Crippen LogP contribution in [-0.2, 0) is 0 Å². The van der Waals surface area contributed by atoms with Gasteiger partial charge in [0, 0.05) is 18.2 Å². The second-order valence-corrected chi connectivity index (χ2v) is 5.31. The number of carbonyl (C=O) groups excluding carboxylic acids is 2. The molecule has 0 saturated heterocycles. The lowest BCUT2D eigenvalue weighted by Gasteiger charge is -2.12. The van der Waals surface area contributed by atoms with Crippen LogP contribution in [0.15, 0.2) is 30.3 Å². The standard InChI is InChI=1S/C19H20O7/c1-23-11-5-6-13(17(8-11)25-3)14(20)10-16(22)19-15(21)7-12(24-2)9-18(19)26-4/h5-9,21H,10H2,1-4H3. The number of benzene rings is 2. The Hall–Kier alpha value is -3.22. The predicted molar refractivity (Wildman–Crippen MR) is 94.0 cm³/mol. The Bertz CT molecular complexity index is 827. The van der Waals surface area contributed by atoms with Crippen LogP contribution in [0.4, 0.5) is 0 Å². The van der Waals surface area contributed by atoms with Crippen molar-refractivity contribution in [3.05, 3.63) is 41.5 Å². The maximum absolute atomic E-state index is 12.6. The van der Waals surface area contributed by atoms with Crippen molar-refractivity contribution in [2.75, 3.05) is 28.4 Å². The van der Waals surface area contributed by atoms with Gasteiger partial charge < -0.3 is 24.1 Å². The zero-order valence-corrected chi connectivity index (χ0v) is 15.0. The van der Waals surface area contributed by atoms with E-state index in [9.17, 15) is 14.7 Å². The van der Waals surface area contributed by atoms with Crippen molar-refractivity contribution in [3.63, 3.8) is 0 Å². The monoisotopic (exact) mass is 360 g/mol. The lowest BCUT2D eigenvalue weighted by atomic mass is 9.99. The molecule has 26 heavy (non-hydrogen) atoms. The van der Waals surface area contributed by atoms with Crippen LogP contribution in [0.3, 0.4) is 0 Å². The molecule has 2 rings (SSSR count). The first-order valence-electron chi connectivity index (χ1n) is 7.68. The average Bonchev–Trinajstić information content (AvgIpc) is 2.66. The molecule has 2 aromatic rings. The first kappa shape index (κ1) is 19.1. The summed E-state index contributed by atoms with van der Waals surface area (Å²) in [4.78, 5) is 25.1. The third-order valence-electron chi connectivity index (χ3n) is 3.82. The molecule has 0 aliphatic heterocycles. The normalized spacial score (nSPS) is 10.2. The van der Waals surface area contributed by atoms with Crippen molar-refractivity contribution in [1.29, 1.82) is 0 Å². The molecule has 0 aromatic heterocycles. The molecule has 0 radical (unpaired) electrons. The van der Waals surface area contributed by atoms with Crippen LogP contribution in [0.1, 0.15) is 27.1 Å². The SMILES string of the molecule is COc1ccc(C(=O)CC(=O)c2c(O)cc(OC)cc2OC)c(OC)c1. The van der Waals surface area contributed by atoms with Crippen LogP contribution < -0.4 is 18.9 Å². The zero-order chi connectivity index (χ0) is 19.3. The minimum atomic E-state index is -0.579. The van der Waals surface area contributed by atoms with E-state index < -0.39 is 18.0 Å². The molecular weight excluding hydrogens is 340 g/mol. The first-order chi connectivity index (χ1) is 12.4. The summed E-state index contributed by atoms with van der Waals surface area (Å²) in [5, 5.41) is 10.1. The quantitative estimate of drug-likeness (QED) is 0.572. The van der Waals surface area contributed by atoms with Gasteiger partial charge in [0.25, 0.3) is 0 Å². The Morgan fingerprint density at radius 2 is 1.42 bits per heavy atom. The van der Waals surface area contributed by atoms with Gasteiger partial charge in [-0.3, -0.25) is 9.59 Å². The lowest BCUT2D eigenvalue weighted by molar-refractivity contribution is 0.0890. The van der Waals surface area contributed by atoms with Crippen LogP contribution in [0.25, 0.3) is 0 Å². The minimum Gasteiger partial charge on any atom is -0.507 e. The maximum Gasteiger partial charge on any atom is 0.178 e. The highest BCUT2D eigenvalue weighted by atomic mass is 16.5. The molecule has 7 heteroatoms. The van der Waals surface area contributed by atoms with Gasteiger partial charge in [0.1, 0.15) is 34.3 Å². The molecular formula is C19H20O7. The van der Waals surface area contributed by atoms with E-state index in [2.05, 4.69) is 0 Å². The summed E-state index contributed by atoms with van der Waals surface area (Å²) >= 11 is 0. The molecule has 0 aliphatic carbocycles. The summed E-state index contributed by atoms with van der Waals surface area (Å²) in [5.41, 5.74) is 0.169. The van der Waals surface area contributed by atoms with Gasteiger partial charge in [-0.1, -0.05) is 0 Å². The van der Waals surface area contributed by atoms with Crippen LogP contribution in [0, 0.1) is 0 Å². The number of ketones is 2. The Morgan fingerprint density at radius 3 is 2.00 bits per heavy atom. The number of carbonyl (C=O) groups is 2. The van der Waals surface area contributed by atoms with Gasteiger partial charge in [-0.15, -0.1) is 0 Å². The molecule has 2 aromatic carbocycles. The van der Waals surface area contributed by atoms with Crippen LogP contribution in [0.5, 0.6) is 28.7 Å². The van der Waals surface area contributed by atoms with Crippen molar-refractivity contribution >= 4 is 11.6 Å². The topological polar surface area (TPSA) is 91.3 Å². The third-order valence-corrected chi connectivity index (χ3v) is 3.82. The summed E-state index contributed by atoms with van der Waals surface area (Å²) in [7, 11) is 5.71. The second kappa shape index (κ2) is 8.24. The Morgan fingerprint density at radius 1 is 0.808 bits per heavy atom. The number of aromatic hydroxyl groups is 1. The van der Waals surface area contributed by atoms with Crippen molar-refractivity contribution in [1.82, 2.24) is 0 Å². The Labute approximate surface area is 151 Å². The van der Waals surface area contributed by atoms with Gasteiger partial charge >= 0.3 is 0 Å². The lowest BCUT2D eigenvalue weighted by Crippen LogP contribution is -2.11. The summed E-state index contributed by atoms with van der Waals surface area (Å²) in [6.07, 6.45) is -0.459. The summed E-state index contributed by atoms with van der Waals surface area (Å²) in [6.45, 7) is 0. The van der Waals surface area contributed by atoms with Crippen molar-refractivity contribution < 1.29 is 33.6 Å². The highest BCUT2D eigenvalue weighted by Gasteiger charge is 2.23. The van der Waals surface area contributed by atoms with Gasteiger partial charge in [0.15, 0.2) is 11.6 Å². The average molecular weight is 360 g/mol. The number of phenols is 1. The fourth-order valence-electron chi connectivity index (χ4n) is 2.49. The van der Waals surface area contributed by atoms with E-state index >= 15 is 0 Å². The van der Waals surface area contributed by atoms with Crippen LogP contribution in [-0.4, -0.2) is 45.1 Å². The fourth-order valence-corrected chi connectivity index (χ4v) is 2.49. The molecule has 138 valence electrons. The molecule has 1 N–H and O–H groups in total. The van der Waals surface area contributed by atoms with Gasteiger partial charge in [-0.05, 0) is 12.1 Å². The number of hydrogen-bond donors (Lipinski definition) is 1. The molecule has 0 saturated carbocycles. The molecule has 0 bridgehead atoms. The summed E-state index contributed by atoms with van der Waals surface area (Å²) < 4.78 is 20.4. The van der Waals surface area contributed by atoms with E-state index in [0.717, 1.165) is 0 Å². The van der Waals surface area contributed by atoms with E-state index in [1.54, 1.807) is 12.1 Å². The highest BCUT2D eigenvalue weighted by Crippen LogP contribution is 2.35. The van der Waals surface area contributed by atoms with Crippen molar-refractivity contribution in [2.24, 2.45) is 0 Å². The Balaban J connectivity index is 2.32. The maximum atomic E-state index is 12.6. The van der Waals surface area contributed by atoms with E-state index in [1.807, 2.05) is 0 Å². The predicted octanol–water partition coefficient (Wildman–Crippen LogP) is 2.88. The number of ether oxygens (including phenoxy) is 4. The van der Waals surface area contributed by atoms with E-state index in [4.69, 9.17) is 18.9 Å². The third kappa shape index (κ3) is 3.88. The molecule has 0 heterocycles. The largest absolute Gasteiger partial charge is 0.507 e. The zero-order valence-electron chi connectivity index (χ0n) is 15.0. The molecule has 0 aliphatic rings. The molecule has 0 amide bonds.